The summed E-state index contributed by atoms with van der Waals surface area (Å²) < 4.78 is 4.66. The molecule has 18 heavy (non-hydrogen) atoms. The second-order valence-corrected chi connectivity index (χ2v) is 4.79. The summed E-state index contributed by atoms with van der Waals surface area (Å²) in [6.45, 7) is 3.18. The minimum absolute atomic E-state index is 0.104. The highest BCUT2D eigenvalue weighted by Gasteiger charge is 2.13. The minimum Gasteiger partial charge on any atom is -0.469 e. The van der Waals surface area contributed by atoms with E-state index < -0.39 is 0 Å². The number of esters is 1. The van der Waals surface area contributed by atoms with Gasteiger partial charge in [0.15, 0.2) is 0 Å². The number of hydrogen-bond donors (Lipinski definition) is 0. The quantitative estimate of drug-likeness (QED) is 0.763. The lowest BCUT2D eigenvalue weighted by atomic mass is 10.0. The summed E-state index contributed by atoms with van der Waals surface area (Å²) in [6, 6.07) is 8.69. The van der Waals surface area contributed by atoms with Crippen LogP contribution in [0.3, 0.4) is 0 Å². The molecule has 1 aromatic rings. The van der Waals surface area contributed by atoms with Crippen LogP contribution in [-0.2, 0) is 22.4 Å². The van der Waals surface area contributed by atoms with Gasteiger partial charge >= 0.3 is 5.97 Å². The molecule has 1 aliphatic heterocycles. The zero-order valence-electron chi connectivity index (χ0n) is 11.0. The number of nitrogens with zero attached hydrogens (tertiary/aromatic N) is 1. The lowest BCUT2D eigenvalue weighted by molar-refractivity contribution is -0.140. The standard InChI is InChI=1S/C15H21NO2/c1-18-15(17)7-4-10-16-11-8-13-5-2-3-6-14(13)9-12-16/h2-3,5-6H,4,7-12H2,1H3. The van der Waals surface area contributed by atoms with E-state index in [9.17, 15) is 4.79 Å². The van der Waals surface area contributed by atoms with E-state index in [-0.39, 0.29) is 5.97 Å². The molecule has 0 atom stereocenters. The number of carbonyl (C=O) groups excluding carboxylic acids is 1. The van der Waals surface area contributed by atoms with Crippen LogP contribution in [0.25, 0.3) is 0 Å². The van der Waals surface area contributed by atoms with E-state index >= 15 is 0 Å². The van der Waals surface area contributed by atoms with Gasteiger partial charge in [0.05, 0.1) is 7.11 Å². The van der Waals surface area contributed by atoms with Crippen molar-refractivity contribution in [2.45, 2.75) is 25.7 Å². The van der Waals surface area contributed by atoms with E-state index in [1.165, 1.54) is 18.2 Å². The van der Waals surface area contributed by atoms with Crippen molar-refractivity contribution in [3.05, 3.63) is 35.4 Å². The van der Waals surface area contributed by atoms with E-state index in [2.05, 4.69) is 33.9 Å². The first-order valence-electron chi connectivity index (χ1n) is 6.65. The van der Waals surface area contributed by atoms with Crippen LogP contribution in [0, 0.1) is 0 Å². The van der Waals surface area contributed by atoms with E-state index in [0.717, 1.165) is 38.9 Å². The fraction of sp³-hybridized carbons (Fsp3) is 0.533. The van der Waals surface area contributed by atoms with Crippen molar-refractivity contribution in [2.24, 2.45) is 0 Å². The Bertz CT molecular complexity index is 376. The van der Waals surface area contributed by atoms with Crippen molar-refractivity contribution in [2.75, 3.05) is 26.7 Å². The Labute approximate surface area is 109 Å². The molecule has 3 heteroatoms. The Hall–Kier alpha value is -1.35. The lowest BCUT2D eigenvalue weighted by Crippen LogP contribution is -2.28. The number of ether oxygens (including phenoxy) is 1. The molecule has 0 amide bonds. The van der Waals surface area contributed by atoms with Gasteiger partial charge in [-0.2, -0.15) is 0 Å². The molecule has 0 radical (unpaired) electrons. The third-order valence-corrected chi connectivity index (χ3v) is 3.60. The highest BCUT2D eigenvalue weighted by molar-refractivity contribution is 5.69. The molecule has 1 heterocycles. The molecule has 0 N–H and O–H groups in total. The molecule has 98 valence electrons. The lowest BCUT2D eigenvalue weighted by Gasteiger charge is -2.19. The van der Waals surface area contributed by atoms with Crippen molar-refractivity contribution in [1.29, 1.82) is 0 Å². The molecule has 0 unspecified atom stereocenters. The number of hydrogen-bond acceptors (Lipinski definition) is 3. The first-order valence-corrected chi connectivity index (χ1v) is 6.65. The molecule has 0 saturated heterocycles. The van der Waals surface area contributed by atoms with Crippen molar-refractivity contribution in [3.8, 4) is 0 Å². The van der Waals surface area contributed by atoms with Gasteiger partial charge < -0.3 is 9.64 Å². The van der Waals surface area contributed by atoms with Gasteiger partial charge in [-0.15, -0.1) is 0 Å². The Morgan fingerprint density at radius 3 is 2.39 bits per heavy atom. The zero-order valence-corrected chi connectivity index (χ0v) is 11.0. The fourth-order valence-corrected chi connectivity index (χ4v) is 2.49. The van der Waals surface area contributed by atoms with Crippen LogP contribution in [0.15, 0.2) is 24.3 Å². The topological polar surface area (TPSA) is 29.5 Å². The molecule has 0 fully saturated rings. The summed E-state index contributed by atoms with van der Waals surface area (Å²) in [6.07, 6.45) is 3.66. The van der Waals surface area contributed by atoms with E-state index in [1.54, 1.807) is 0 Å². The summed E-state index contributed by atoms with van der Waals surface area (Å²) in [5.41, 5.74) is 2.96. The minimum atomic E-state index is -0.104. The molecule has 1 aliphatic rings. The second-order valence-electron chi connectivity index (χ2n) is 4.79. The molecule has 0 aromatic heterocycles. The van der Waals surface area contributed by atoms with Gasteiger partial charge in [-0.05, 0) is 36.9 Å². The average molecular weight is 247 g/mol. The highest BCUT2D eigenvalue weighted by Crippen LogP contribution is 2.15. The molecule has 1 aromatic carbocycles. The van der Waals surface area contributed by atoms with Crippen LogP contribution in [0.1, 0.15) is 24.0 Å². The molecule has 0 aliphatic carbocycles. The van der Waals surface area contributed by atoms with E-state index in [4.69, 9.17) is 0 Å². The van der Waals surface area contributed by atoms with Crippen molar-refractivity contribution in [3.63, 3.8) is 0 Å². The summed E-state index contributed by atoms with van der Waals surface area (Å²) >= 11 is 0. The van der Waals surface area contributed by atoms with Crippen LogP contribution in [0.5, 0.6) is 0 Å². The summed E-state index contributed by atoms with van der Waals surface area (Å²) in [7, 11) is 1.45. The predicted octanol–water partition coefficient (Wildman–Crippen LogP) is 2.04. The average Bonchev–Trinajstić information content (AvgIpc) is 2.61. The maximum atomic E-state index is 11.1. The van der Waals surface area contributed by atoms with Crippen LogP contribution in [0.4, 0.5) is 0 Å². The molecule has 0 spiro atoms. The van der Waals surface area contributed by atoms with Crippen molar-refractivity contribution >= 4 is 5.97 Å². The number of carbonyl (C=O) groups is 1. The third-order valence-electron chi connectivity index (χ3n) is 3.60. The zero-order chi connectivity index (χ0) is 12.8. The van der Waals surface area contributed by atoms with Crippen LogP contribution in [-0.4, -0.2) is 37.6 Å². The maximum Gasteiger partial charge on any atom is 0.305 e. The molecule has 0 saturated carbocycles. The Morgan fingerprint density at radius 2 is 1.83 bits per heavy atom. The Balaban J connectivity index is 1.79. The smallest absolute Gasteiger partial charge is 0.305 e. The summed E-state index contributed by atoms with van der Waals surface area (Å²) in [5.74, 6) is -0.104. The molecule has 3 nitrogen and oxygen atoms in total. The van der Waals surface area contributed by atoms with Gasteiger partial charge in [0, 0.05) is 19.5 Å². The fourth-order valence-electron chi connectivity index (χ4n) is 2.49. The van der Waals surface area contributed by atoms with Gasteiger partial charge in [-0.3, -0.25) is 4.79 Å². The van der Waals surface area contributed by atoms with Crippen LogP contribution < -0.4 is 0 Å². The first-order chi connectivity index (χ1) is 8.79. The van der Waals surface area contributed by atoms with Crippen LogP contribution >= 0.6 is 0 Å². The monoisotopic (exact) mass is 247 g/mol. The predicted molar refractivity (Wildman–Crippen MR) is 71.5 cm³/mol. The molecule has 2 rings (SSSR count). The SMILES string of the molecule is COC(=O)CCCN1CCc2ccccc2CC1. The van der Waals surface area contributed by atoms with Gasteiger partial charge in [-0.25, -0.2) is 0 Å². The number of benzene rings is 1. The van der Waals surface area contributed by atoms with Crippen LogP contribution in [0.2, 0.25) is 0 Å². The molecule has 0 bridgehead atoms. The van der Waals surface area contributed by atoms with Gasteiger partial charge in [0.25, 0.3) is 0 Å². The first kappa shape index (κ1) is 13.1. The summed E-state index contributed by atoms with van der Waals surface area (Å²) in [4.78, 5) is 13.5. The van der Waals surface area contributed by atoms with Crippen molar-refractivity contribution in [1.82, 2.24) is 4.90 Å². The normalized spacial score (nSPS) is 15.8. The molecular weight excluding hydrogens is 226 g/mol. The van der Waals surface area contributed by atoms with Gasteiger partial charge in [-0.1, -0.05) is 24.3 Å². The summed E-state index contributed by atoms with van der Waals surface area (Å²) in [5, 5.41) is 0. The second kappa shape index (κ2) is 6.55. The maximum absolute atomic E-state index is 11.1. The van der Waals surface area contributed by atoms with Gasteiger partial charge in [0.1, 0.15) is 0 Å². The number of methoxy groups -OCH3 is 1. The Morgan fingerprint density at radius 1 is 1.22 bits per heavy atom. The van der Waals surface area contributed by atoms with E-state index in [0.29, 0.717) is 6.42 Å². The largest absolute Gasteiger partial charge is 0.469 e. The third kappa shape index (κ3) is 3.57. The van der Waals surface area contributed by atoms with E-state index in [1.807, 2.05) is 0 Å². The molecular formula is C15H21NO2. The highest BCUT2D eigenvalue weighted by atomic mass is 16.5. The van der Waals surface area contributed by atoms with Gasteiger partial charge in [0.2, 0.25) is 0 Å². The Kier molecular flexibility index (Phi) is 4.76. The number of fused-ring (bicyclic) bond motifs is 1. The van der Waals surface area contributed by atoms with Crippen molar-refractivity contribution < 1.29 is 9.53 Å². The number of rotatable bonds is 4.